The quantitative estimate of drug-likeness (QED) is 0.611. The fraction of sp³-hybridized carbons (Fsp3) is 0.222. The van der Waals surface area contributed by atoms with E-state index in [1.165, 1.54) is 29.7 Å². The van der Waals surface area contributed by atoms with Gasteiger partial charge in [-0.15, -0.1) is 0 Å². The molecule has 1 amide bonds. The summed E-state index contributed by atoms with van der Waals surface area (Å²) in [6, 6.07) is 8.33. The summed E-state index contributed by atoms with van der Waals surface area (Å²) in [5.41, 5.74) is 1.43. The molecule has 0 fully saturated rings. The van der Waals surface area contributed by atoms with Crippen LogP contribution in [0.25, 0.3) is 10.2 Å². The number of fused-ring (bicyclic) bond motifs is 1. The Labute approximate surface area is 181 Å². The zero-order valence-corrected chi connectivity index (χ0v) is 18.8. The number of carbonyl (C=O) groups excluding carboxylic acids is 1. The lowest BCUT2D eigenvalue weighted by Crippen LogP contribution is -2.45. The van der Waals surface area contributed by atoms with E-state index in [9.17, 15) is 18.0 Å². The Hall–Kier alpha value is -2.07. The minimum absolute atomic E-state index is 0.111. The van der Waals surface area contributed by atoms with Gasteiger partial charge in [-0.05, 0) is 43.3 Å². The standard InChI is InChI=1S/C18H17Cl2N3O4S2/c1-10(23(29(3,26)27)12-5-6-13(19)14(20)9-12)17(24)21-11-4-7-15-16(8-11)28-18(25)22(15)2/h4-10H,1-3H3,(H,21,24)/t10-/m0/s1. The molecule has 2 aromatic carbocycles. The molecule has 0 bridgehead atoms. The van der Waals surface area contributed by atoms with E-state index in [4.69, 9.17) is 23.2 Å². The molecule has 0 saturated heterocycles. The van der Waals surface area contributed by atoms with Crippen LogP contribution in [0.15, 0.2) is 41.2 Å². The second-order valence-electron chi connectivity index (χ2n) is 6.43. The Kier molecular flexibility index (Phi) is 5.96. The zero-order valence-electron chi connectivity index (χ0n) is 15.6. The van der Waals surface area contributed by atoms with Crippen molar-refractivity contribution in [3.8, 4) is 0 Å². The van der Waals surface area contributed by atoms with Crippen LogP contribution in [0, 0.1) is 0 Å². The number of amides is 1. The van der Waals surface area contributed by atoms with Crippen LogP contribution in [0.3, 0.4) is 0 Å². The monoisotopic (exact) mass is 473 g/mol. The molecule has 0 spiro atoms. The van der Waals surface area contributed by atoms with Crippen LogP contribution in [-0.4, -0.2) is 31.2 Å². The molecule has 7 nitrogen and oxygen atoms in total. The van der Waals surface area contributed by atoms with Crippen molar-refractivity contribution in [2.45, 2.75) is 13.0 Å². The van der Waals surface area contributed by atoms with Crippen LogP contribution in [0.5, 0.6) is 0 Å². The molecule has 3 rings (SSSR count). The molecule has 154 valence electrons. The highest BCUT2D eigenvalue weighted by Crippen LogP contribution is 2.30. The largest absolute Gasteiger partial charge is 0.324 e. The first kappa shape index (κ1) is 21.6. The van der Waals surface area contributed by atoms with Crippen molar-refractivity contribution in [1.82, 2.24) is 4.57 Å². The number of aromatic nitrogens is 1. The van der Waals surface area contributed by atoms with Gasteiger partial charge in [-0.2, -0.15) is 0 Å². The maximum Gasteiger partial charge on any atom is 0.307 e. The maximum absolute atomic E-state index is 12.8. The smallest absolute Gasteiger partial charge is 0.307 e. The lowest BCUT2D eigenvalue weighted by atomic mass is 10.2. The maximum atomic E-state index is 12.8. The van der Waals surface area contributed by atoms with Gasteiger partial charge < -0.3 is 9.88 Å². The van der Waals surface area contributed by atoms with E-state index in [0.29, 0.717) is 10.4 Å². The van der Waals surface area contributed by atoms with E-state index in [1.807, 2.05) is 0 Å². The molecule has 29 heavy (non-hydrogen) atoms. The van der Waals surface area contributed by atoms with Crippen LogP contribution in [0.2, 0.25) is 10.0 Å². The third kappa shape index (κ3) is 4.42. The minimum Gasteiger partial charge on any atom is -0.324 e. The predicted molar refractivity (Wildman–Crippen MR) is 119 cm³/mol. The number of hydrogen-bond acceptors (Lipinski definition) is 5. The third-order valence-electron chi connectivity index (χ3n) is 4.31. The van der Waals surface area contributed by atoms with E-state index in [-0.39, 0.29) is 20.6 Å². The molecule has 3 aromatic rings. The van der Waals surface area contributed by atoms with Gasteiger partial charge in [0.2, 0.25) is 15.9 Å². The van der Waals surface area contributed by atoms with Crippen LogP contribution in [0.1, 0.15) is 6.92 Å². The molecule has 11 heteroatoms. The highest BCUT2D eigenvalue weighted by molar-refractivity contribution is 7.92. The summed E-state index contributed by atoms with van der Waals surface area (Å²) in [7, 11) is -2.12. The van der Waals surface area contributed by atoms with Crippen molar-refractivity contribution < 1.29 is 13.2 Å². The number of nitrogens with zero attached hydrogens (tertiary/aromatic N) is 2. The number of hydrogen-bond donors (Lipinski definition) is 1. The molecule has 0 unspecified atom stereocenters. The molecule has 0 radical (unpaired) electrons. The molecule has 0 aliphatic heterocycles. The highest BCUT2D eigenvalue weighted by Gasteiger charge is 2.29. The molecule has 0 saturated carbocycles. The second-order valence-corrected chi connectivity index (χ2v) is 10.1. The number of thiazole rings is 1. The van der Waals surface area contributed by atoms with Gasteiger partial charge in [0.15, 0.2) is 0 Å². The summed E-state index contributed by atoms with van der Waals surface area (Å²) >= 11 is 13.0. The van der Waals surface area contributed by atoms with E-state index in [1.54, 1.807) is 25.2 Å². The summed E-state index contributed by atoms with van der Waals surface area (Å²) in [6.45, 7) is 1.47. The van der Waals surface area contributed by atoms with Crippen molar-refractivity contribution in [2.75, 3.05) is 15.9 Å². The number of nitrogens with one attached hydrogen (secondary N) is 1. The van der Waals surface area contributed by atoms with Crippen LogP contribution < -0.4 is 14.5 Å². The summed E-state index contributed by atoms with van der Waals surface area (Å²) in [5, 5.41) is 3.15. The van der Waals surface area contributed by atoms with E-state index in [0.717, 1.165) is 27.4 Å². The molecule has 0 aliphatic carbocycles. The molecule has 1 heterocycles. The normalized spacial score (nSPS) is 12.7. The molecule has 1 aromatic heterocycles. The SMILES string of the molecule is C[C@@H](C(=O)Nc1ccc2c(c1)sc(=O)n2C)N(c1ccc(Cl)c(Cl)c1)S(C)(=O)=O. The third-order valence-corrected chi connectivity index (χ3v) is 7.28. The number of sulfonamides is 1. The van der Waals surface area contributed by atoms with Crippen molar-refractivity contribution in [2.24, 2.45) is 7.05 Å². The predicted octanol–water partition coefficient (Wildman–Crippen LogP) is 3.70. The van der Waals surface area contributed by atoms with Crippen molar-refractivity contribution >= 4 is 72.1 Å². The Balaban J connectivity index is 1.91. The number of rotatable bonds is 5. The Morgan fingerprint density at radius 3 is 2.48 bits per heavy atom. The van der Waals surface area contributed by atoms with Crippen molar-refractivity contribution in [3.05, 3.63) is 56.1 Å². The minimum atomic E-state index is -3.79. The van der Waals surface area contributed by atoms with Crippen molar-refractivity contribution in [1.29, 1.82) is 0 Å². The van der Waals surface area contributed by atoms with Crippen LogP contribution >= 0.6 is 34.5 Å². The highest BCUT2D eigenvalue weighted by atomic mass is 35.5. The van der Waals surface area contributed by atoms with Crippen LogP contribution in [-0.2, 0) is 21.9 Å². The van der Waals surface area contributed by atoms with Gasteiger partial charge in [0, 0.05) is 12.7 Å². The molecule has 1 N–H and O–H groups in total. The van der Waals surface area contributed by atoms with Gasteiger partial charge in [-0.25, -0.2) is 8.42 Å². The Bertz CT molecular complexity index is 1270. The second kappa shape index (κ2) is 7.98. The molecule has 1 atom stereocenters. The number of halogens is 2. The van der Waals surface area contributed by atoms with Gasteiger partial charge in [-0.1, -0.05) is 34.5 Å². The first-order valence-electron chi connectivity index (χ1n) is 8.34. The summed E-state index contributed by atoms with van der Waals surface area (Å²) in [6.07, 6.45) is 1.01. The topological polar surface area (TPSA) is 88.5 Å². The van der Waals surface area contributed by atoms with E-state index in [2.05, 4.69) is 5.32 Å². The summed E-state index contributed by atoms with van der Waals surface area (Å²) in [4.78, 5) is 24.5. The number of benzene rings is 2. The Morgan fingerprint density at radius 1 is 1.17 bits per heavy atom. The van der Waals surface area contributed by atoms with Gasteiger partial charge in [0.1, 0.15) is 6.04 Å². The average molecular weight is 474 g/mol. The van der Waals surface area contributed by atoms with Crippen molar-refractivity contribution in [3.63, 3.8) is 0 Å². The van der Waals surface area contributed by atoms with E-state index >= 15 is 0 Å². The fourth-order valence-corrected chi connectivity index (χ4v) is 5.27. The molecule has 0 aliphatic rings. The number of anilines is 2. The summed E-state index contributed by atoms with van der Waals surface area (Å²) in [5.74, 6) is -0.538. The molecular formula is C18H17Cl2N3O4S2. The zero-order chi connectivity index (χ0) is 21.5. The Morgan fingerprint density at radius 2 is 1.86 bits per heavy atom. The first-order valence-corrected chi connectivity index (χ1v) is 11.8. The van der Waals surface area contributed by atoms with Gasteiger partial charge >= 0.3 is 4.87 Å². The number of aryl methyl sites for hydroxylation is 1. The fourth-order valence-electron chi connectivity index (χ4n) is 2.89. The lowest BCUT2D eigenvalue weighted by Gasteiger charge is -2.28. The lowest BCUT2D eigenvalue weighted by molar-refractivity contribution is -0.116. The number of carbonyl (C=O) groups is 1. The van der Waals surface area contributed by atoms with Crippen LogP contribution in [0.4, 0.5) is 11.4 Å². The summed E-state index contributed by atoms with van der Waals surface area (Å²) < 4.78 is 28.0. The van der Waals surface area contributed by atoms with Gasteiger partial charge in [-0.3, -0.25) is 13.9 Å². The first-order chi connectivity index (χ1) is 13.5. The average Bonchev–Trinajstić information content (AvgIpc) is 2.90. The molecular weight excluding hydrogens is 457 g/mol. The van der Waals surface area contributed by atoms with Gasteiger partial charge in [0.05, 0.1) is 32.2 Å². The van der Waals surface area contributed by atoms with Gasteiger partial charge in [0.25, 0.3) is 0 Å². The van der Waals surface area contributed by atoms with E-state index < -0.39 is 22.0 Å².